The summed E-state index contributed by atoms with van der Waals surface area (Å²) in [5.41, 5.74) is 6.22. The van der Waals surface area contributed by atoms with Crippen molar-refractivity contribution in [1.29, 1.82) is 0 Å². The molecule has 0 aliphatic heterocycles. The molecule has 25 heavy (non-hydrogen) atoms. The molecule has 1 aromatic heterocycles. The molecule has 2 amide bonds. The zero-order valence-corrected chi connectivity index (χ0v) is 14.5. The van der Waals surface area contributed by atoms with Gasteiger partial charge in [-0.2, -0.15) is 0 Å². The van der Waals surface area contributed by atoms with Crippen LogP contribution in [0.15, 0.2) is 41.8 Å². The Labute approximate surface area is 148 Å². The largest absolute Gasteiger partial charge is 0.449 e. The number of hydrogen-bond acceptors (Lipinski definition) is 6. The molecule has 0 saturated heterocycles. The molecule has 1 aromatic carbocycles. The third kappa shape index (κ3) is 4.98. The first-order valence-corrected chi connectivity index (χ1v) is 8.25. The molecule has 130 valence electrons. The first-order valence-electron chi connectivity index (χ1n) is 7.37. The number of thiazole rings is 1. The van der Waals surface area contributed by atoms with E-state index in [2.05, 4.69) is 4.98 Å². The summed E-state index contributed by atoms with van der Waals surface area (Å²) < 4.78 is 4.81. The predicted octanol–water partition coefficient (Wildman–Crippen LogP) is 2.26. The number of nitrogens with two attached hydrogens (primary N) is 1. The van der Waals surface area contributed by atoms with Crippen LogP contribution in [0.4, 0.5) is 10.8 Å². The van der Waals surface area contributed by atoms with Crippen molar-refractivity contribution in [3.8, 4) is 0 Å². The van der Waals surface area contributed by atoms with Gasteiger partial charge in [0.1, 0.15) is 0 Å². The molecule has 0 aliphatic carbocycles. The van der Waals surface area contributed by atoms with Gasteiger partial charge in [-0.25, -0.2) is 9.78 Å². The molecule has 7 nitrogen and oxygen atoms in total. The molecular weight excluding hydrogens is 342 g/mol. The van der Waals surface area contributed by atoms with Crippen LogP contribution in [-0.4, -0.2) is 28.9 Å². The number of benzene rings is 1. The summed E-state index contributed by atoms with van der Waals surface area (Å²) in [7, 11) is 0. The van der Waals surface area contributed by atoms with Crippen LogP contribution in [0.3, 0.4) is 0 Å². The molecule has 1 heterocycles. The second kappa shape index (κ2) is 8.20. The van der Waals surface area contributed by atoms with Gasteiger partial charge in [-0.05, 0) is 25.1 Å². The molecule has 1 atom stereocenters. The minimum Gasteiger partial charge on any atom is -0.449 e. The van der Waals surface area contributed by atoms with Crippen molar-refractivity contribution in [3.05, 3.63) is 47.5 Å². The van der Waals surface area contributed by atoms with Crippen LogP contribution in [0.1, 0.15) is 19.5 Å². The Hall–Kier alpha value is -3.00. The van der Waals surface area contributed by atoms with Crippen LogP contribution in [0.5, 0.6) is 0 Å². The average molecular weight is 359 g/mol. The van der Waals surface area contributed by atoms with Crippen molar-refractivity contribution >= 4 is 46.0 Å². The Morgan fingerprint density at radius 3 is 2.56 bits per heavy atom. The van der Waals surface area contributed by atoms with E-state index in [4.69, 9.17) is 10.5 Å². The van der Waals surface area contributed by atoms with Gasteiger partial charge >= 0.3 is 5.97 Å². The fourth-order valence-corrected chi connectivity index (χ4v) is 2.74. The Kier molecular flexibility index (Phi) is 6.02. The number of carbonyl (C=O) groups excluding carboxylic acids is 3. The van der Waals surface area contributed by atoms with Crippen LogP contribution in [0, 0.1) is 0 Å². The fourth-order valence-electron chi connectivity index (χ4n) is 1.88. The molecule has 0 bridgehead atoms. The molecule has 2 N–H and O–H groups in total. The number of anilines is 2. The van der Waals surface area contributed by atoms with Crippen LogP contribution >= 0.6 is 11.3 Å². The third-order valence-corrected chi connectivity index (χ3v) is 3.96. The highest BCUT2D eigenvalue weighted by atomic mass is 32.1. The monoisotopic (exact) mass is 359 g/mol. The quantitative estimate of drug-likeness (QED) is 0.629. The van der Waals surface area contributed by atoms with Gasteiger partial charge in [-0.3, -0.25) is 14.5 Å². The number of para-hydroxylation sites is 1. The second-order valence-corrected chi connectivity index (χ2v) is 5.90. The molecular formula is C17H17N3O4S. The third-order valence-electron chi connectivity index (χ3n) is 3.11. The van der Waals surface area contributed by atoms with E-state index < -0.39 is 18.0 Å². The van der Waals surface area contributed by atoms with E-state index in [-0.39, 0.29) is 5.91 Å². The normalized spacial score (nSPS) is 11.9. The summed E-state index contributed by atoms with van der Waals surface area (Å²) in [5.74, 6) is -1.60. The minimum atomic E-state index is -1.01. The van der Waals surface area contributed by atoms with E-state index in [1.807, 2.05) is 18.2 Å². The van der Waals surface area contributed by atoms with Crippen LogP contribution in [0.2, 0.25) is 0 Å². The second-order valence-electron chi connectivity index (χ2n) is 5.06. The maximum Gasteiger partial charge on any atom is 0.331 e. The van der Waals surface area contributed by atoms with Gasteiger partial charge in [0.15, 0.2) is 11.2 Å². The lowest BCUT2D eigenvalue weighted by atomic mass is 10.3. The number of esters is 1. The van der Waals surface area contributed by atoms with Gasteiger partial charge in [0.25, 0.3) is 5.91 Å². The van der Waals surface area contributed by atoms with Crippen molar-refractivity contribution in [1.82, 2.24) is 4.98 Å². The van der Waals surface area contributed by atoms with E-state index in [1.165, 1.54) is 36.2 Å². The van der Waals surface area contributed by atoms with Gasteiger partial charge in [0.2, 0.25) is 5.91 Å². The van der Waals surface area contributed by atoms with Crippen molar-refractivity contribution < 1.29 is 19.1 Å². The van der Waals surface area contributed by atoms with Gasteiger partial charge in [0.05, 0.1) is 11.4 Å². The number of rotatable bonds is 6. The van der Waals surface area contributed by atoms with Gasteiger partial charge in [0, 0.05) is 18.4 Å². The average Bonchev–Trinajstić information content (AvgIpc) is 3.02. The Morgan fingerprint density at radius 1 is 1.28 bits per heavy atom. The molecule has 0 saturated carbocycles. The number of primary amides is 1. The van der Waals surface area contributed by atoms with Crippen molar-refractivity contribution in [3.63, 3.8) is 0 Å². The first-order chi connectivity index (χ1) is 11.9. The molecule has 0 spiro atoms. The smallest absolute Gasteiger partial charge is 0.331 e. The SMILES string of the molecule is CC(=O)N(c1ccccc1)c1nc(/C=C/C(=O)O[C@@H](C)C(N)=O)cs1. The standard InChI is InChI=1S/C17H17N3O4S/c1-11(16(18)23)24-15(22)9-8-13-10-25-17(19-13)20(12(2)21)14-6-4-3-5-7-14/h3-11H,1-2H3,(H2,18,23)/b9-8+/t11-/m0/s1. The van der Waals surface area contributed by atoms with Crippen molar-refractivity contribution in [2.24, 2.45) is 5.73 Å². The fraction of sp³-hybridized carbons (Fsp3) is 0.176. The Morgan fingerprint density at radius 2 is 1.96 bits per heavy atom. The molecule has 0 fully saturated rings. The number of nitrogens with zero attached hydrogens (tertiary/aromatic N) is 2. The molecule has 2 rings (SSSR count). The summed E-state index contributed by atoms with van der Waals surface area (Å²) in [6.45, 7) is 2.84. The lowest BCUT2D eigenvalue weighted by Gasteiger charge is -2.17. The number of carbonyl (C=O) groups is 3. The van der Waals surface area contributed by atoms with Gasteiger partial charge < -0.3 is 10.5 Å². The molecule has 2 aromatic rings. The molecule has 0 aliphatic rings. The predicted molar refractivity (Wildman–Crippen MR) is 95.2 cm³/mol. The number of aromatic nitrogens is 1. The topological polar surface area (TPSA) is 103 Å². The Balaban J connectivity index is 2.13. The van der Waals surface area contributed by atoms with Crippen LogP contribution in [0.25, 0.3) is 6.08 Å². The van der Waals surface area contributed by atoms with Crippen LogP contribution in [-0.2, 0) is 19.1 Å². The zero-order chi connectivity index (χ0) is 18.4. The maximum atomic E-state index is 12.0. The summed E-state index contributed by atoms with van der Waals surface area (Å²) in [5, 5.41) is 2.19. The summed E-state index contributed by atoms with van der Waals surface area (Å²) in [6.07, 6.45) is 1.59. The van der Waals surface area contributed by atoms with Crippen molar-refractivity contribution in [2.45, 2.75) is 20.0 Å². The van der Waals surface area contributed by atoms with Crippen molar-refractivity contribution in [2.75, 3.05) is 4.90 Å². The molecule has 0 radical (unpaired) electrons. The van der Waals surface area contributed by atoms with E-state index in [9.17, 15) is 14.4 Å². The summed E-state index contributed by atoms with van der Waals surface area (Å²) >= 11 is 1.27. The van der Waals surface area contributed by atoms with Gasteiger partial charge in [-0.15, -0.1) is 11.3 Å². The van der Waals surface area contributed by atoms with Gasteiger partial charge in [-0.1, -0.05) is 18.2 Å². The number of ether oxygens (including phenoxy) is 1. The minimum absolute atomic E-state index is 0.175. The van der Waals surface area contributed by atoms with E-state index in [0.717, 1.165) is 6.08 Å². The van der Waals surface area contributed by atoms with E-state index in [0.29, 0.717) is 16.5 Å². The highest BCUT2D eigenvalue weighted by Gasteiger charge is 2.17. The lowest BCUT2D eigenvalue weighted by Crippen LogP contribution is -2.29. The molecule has 8 heteroatoms. The highest BCUT2D eigenvalue weighted by Crippen LogP contribution is 2.28. The first kappa shape index (κ1) is 18.3. The number of hydrogen-bond donors (Lipinski definition) is 1. The highest BCUT2D eigenvalue weighted by molar-refractivity contribution is 7.14. The number of amides is 2. The van der Waals surface area contributed by atoms with Crippen LogP contribution < -0.4 is 10.6 Å². The lowest BCUT2D eigenvalue weighted by molar-refractivity contribution is -0.148. The Bertz CT molecular complexity index is 801. The van der Waals surface area contributed by atoms with E-state index >= 15 is 0 Å². The maximum absolute atomic E-state index is 12.0. The molecule has 0 unspecified atom stereocenters. The summed E-state index contributed by atoms with van der Waals surface area (Å²) in [4.78, 5) is 40.2. The van der Waals surface area contributed by atoms with E-state index in [1.54, 1.807) is 17.5 Å². The zero-order valence-electron chi connectivity index (χ0n) is 13.7. The summed E-state index contributed by atoms with van der Waals surface area (Å²) in [6, 6.07) is 9.13.